The number of nitrogens with one attached hydrogen (secondary N) is 2. The van der Waals surface area contributed by atoms with Crippen LogP contribution in [0.4, 0.5) is 11.4 Å². The first-order valence-corrected chi connectivity index (χ1v) is 11.3. The predicted molar refractivity (Wildman–Crippen MR) is 104 cm³/mol. The van der Waals surface area contributed by atoms with Gasteiger partial charge in [0.2, 0.25) is 5.91 Å². The molecule has 0 atom stereocenters. The Morgan fingerprint density at radius 2 is 1.85 bits per heavy atom. The molecule has 1 spiro atoms. The molecule has 5 rings (SSSR count). The summed E-state index contributed by atoms with van der Waals surface area (Å²) in [5, 5.41) is 3.11. The van der Waals surface area contributed by atoms with Gasteiger partial charge in [0.05, 0.1) is 11.1 Å². The fraction of sp³-hybridized carbons (Fsp3) is 0.632. The Hall–Kier alpha value is -1.64. The highest BCUT2D eigenvalue weighted by molar-refractivity contribution is 7.90. The predicted octanol–water partition coefficient (Wildman–Crippen LogP) is 1.84. The molecule has 0 aromatic heterocycles. The number of amides is 1. The third-order valence-electron chi connectivity index (χ3n) is 6.63. The van der Waals surface area contributed by atoms with Gasteiger partial charge in [0.25, 0.3) is 0 Å². The van der Waals surface area contributed by atoms with Gasteiger partial charge >= 0.3 is 10.2 Å². The smallest absolute Gasteiger partial charge is 0.301 e. The molecule has 2 heterocycles. The molecule has 27 heavy (non-hydrogen) atoms. The molecule has 4 aliphatic rings. The summed E-state index contributed by atoms with van der Waals surface area (Å²) in [6, 6.07) is 3.83. The molecule has 1 aromatic carbocycles. The van der Waals surface area contributed by atoms with Crippen molar-refractivity contribution in [1.29, 1.82) is 0 Å². The lowest BCUT2D eigenvalue weighted by atomic mass is 9.65. The van der Waals surface area contributed by atoms with E-state index in [9.17, 15) is 13.2 Å². The maximum atomic E-state index is 12.9. The molecule has 8 heteroatoms. The molecule has 0 unspecified atom stereocenters. The molecule has 2 aliphatic heterocycles. The number of likely N-dealkylation sites (N-methyl/N-ethyl adjacent to an activating group) is 1. The number of benzene rings is 1. The topological polar surface area (TPSA) is 81.8 Å². The third-order valence-corrected chi connectivity index (χ3v) is 8.17. The molecule has 0 bridgehead atoms. The summed E-state index contributed by atoms with van der Waals surface area (Å²) >= 11 is 0. The fourth-order valence-electron chi connectivity index (χ4n) is 4.58. The molecule has 7 nitrogen and oxygen atoms in total. The summed E-state index contributed by atoms with van der Waals surface area (Å²) in [5.41, 5.74) is 3.20. The molecule has 0 radical (unpaired) electrons. The van der Waals surface area contributed by atoms with Crippen molar-refractivity contribution in [3.05, 3.63) is 23.3 Å². The van der Waals surface area contributed by atoms with Crippen LogP contribution in [0.1, 0.15) is 49.1 Å². The van der Waals surface area contributed by atoms with Crippen LogP contribution in [0.5, 0.6) is 0 Å². The molecule has 146 valence electrons. The molecule has 1 aromatic rings. The third kappa shape index (κ3) is 2.77. The average Bonchev–Trinajstić information content (AvgIpc) is 3.36. The Bertz CT molecular complexity index is 898. The van der Waals surface area contributed by atoms with Crippen LogP contribution < -0.4 is 10.0 Å². The fourth-order valence-corrected chi connectivity index (χ4v) is 5.77. The van der Waals surface area contributed by atoms with Crippen LogP contribution in [0.3, 0.4) is 0 Å². The van der Waals surface area contributed by atoms with Crippen LogP contribution in [-0.2, 0) is 20.4 Å². The zero-order valence-electron chi connectivity index (χ0n) is 15.6. The van der Waals surface area contributed by atoms with Crippen molar-refractivity contribution in [2.24, 2.45) is 0 Å². The average molecular weight is 391 g/mol. The molecule has 2 saturated carbocycles. The maximum Gasteiger partial charge on any atom is 0.301 e. The lowest BCUT2D eigenvalue weighted by molar-refractivity contribution is -0.123. The van der Waals surface area contributed by atoms with Gasteiger partial charge in [-0.1, -0.05) is 6.42 Å². The van der Waals surface area contributed by atoms with Crippen molar-refractivity contribution in [3.63, 3.8) is 0 Å². The van der Waals surface area contributed by atoms with Crippen LogP contribution in [0.15, 0.2) is 12.1 Å². The summed E-state index contributed by atoms with van der Waals surface area (Å²) < 4.78 is 30.1. The van der Waals surface area contributed by atoms with Gasteiger partial charge in [-0.05, 0) is 61.9 Å². The Balaban J connectivity index is 1.49. The summed E-state index contributed by atoms with van der Waals surface area (Å²) in [7, 11) is -1.59. The van der Waals surface area contributed by atoms with E-state index >= 15 is 0 Å². The van der Waals surface area contributed by atoms with E-state index in [1.807, 2.05) is 19.2 Å². The lowest BCUT2D eigenvalue weighted by Gasteiger charge is -2.36. The van der Waals surface area contributed by atoms with Crippen LogP contribution in [0.25, 0.3) is 0 Å². The maximum absolute atomic E-state index is 12.9. The van der Waals surface area contributed by atoms with Gasteiger partial charge in [-0.3, -0.25) is 9.52 Å². The quantitative estimate of drug-likeness (QED) is 0.822. The van der Waals surface area contributed by atoms with E-state index < -0.39 is 15.6 Å². The Morgan fingerprint density at radius 3 is 2.44 bits per heavy atom. The van der Waals surface area contributed by atoms with Gasteiger partial charge in [-0.25, -0.2) is 0 Å². The number of carbonyl (C=O) groups excluding carboxylic acids is 1. The van der Waals surface area contributed by atoms with Crippen molar-refractivity contribution in [3.8, 4) is 0 Å². The second-order valence-electron chi connectivity index (χ2n) is 8.46. The molecule has 2 aliphatic carbocycles. The van der Waals surface area contributed by atoms with E-state index in [-0.39, 0.29) is 5.91 Å². The standard InChI is InChI=1S/C19H26N4O3S/c1-22-7-9-23(10-8-22)27(25,26)21-14-11-15(13-3-4-13)17-16(12-14)19(5-2-6-19)18(24)20-17/h11-13,21H,2-10H2,1H3,(H,20,24). The summed E-state index contributed by atoms with van der Waals surface area (Å²) in [4.78, 5) is 14.8. The number of hydrogen-bond acceptors (Lipinski definition) is 4. The van der Waals surface area contributed by atoms with E-state index in [2.05, 4.69) is 14.9 Å². The van der Waals surface area contributed by atoms with Crippen LogP contribution >= 0.6 is 0 Å². The van der Waals surface area contributed by atoms with Crippen LogP contribution in [-0.4, -0.2) is 56.8 Å². The zero-order valence-corrected chi connectivity index (χ0v) is 16.4. The molecule has 1 amide bonds. The second kappa shape index (κ2) is 5.93. The molecule has 2 N–H and O–H groups in total. The van der Waals surface area contributed by atoms with E-state index in [0.29, 0.717) is 24.7 Å². The van der Waals surface area contributed by atoms with Gasteiger partial charge in [0.15, 0.2) is 0 Å². The van der Waals surface area contributed by atoms with Crippen molar-refractivity contribution >= 4 is 27.5 Å². The Morgan fingerprint density at radius 1 is 1.15 bits per heavy atom. The van der Waals surface area contributed by atoms with Gasteiger partial charge in [-0.2, -0.15) is 12.7 Å². The van der Waals surface area contributed by atoms with Crippen molar-refractivity contribution < 1.29 is 13.2 Å². The molecule has 1 saturated heterocycles. The first-order valence-electron chi connectivity index (χ1n) is 9.85. The number of nitrogens with zero attached hydrogens (tertiary/aromatic N) is 2. The first-order chi connectivity index (χ1) is 12.9. The Labute approximate surface area is 160 Å². The van der Waals surface area contributed by atoms with Crippen LogP contribution in [0.2, 0.25) is 0 Å². The number of anilines is 2. The normalized spacial score (nSPS) is 25.1. The highest BCUT2D eigenvalue weighted by Gasteiger charge is 2.52. The summed E-state index contributed by atoms with van der Waals surface area (Å²) in [6.07, 6.45) is 4.95. The number of hydrogen-bond donors (Lipinski definition) is 2. The minimum Gasteiger partial charge on any atom is -0.325 e. The zero-order chi connectivity index (χ0) is 18.8. The number of rotatable bonds is 4. The second-order valence-corrected chi connectivity index (χ2v) is 10.1. The van der Waals surface area contributed by atoms with E-state index in [1.165, 1.54) is 4.31 Å². The lowest BCUT2D eigenvalue weighted by Crippen LogP contribution is -2.48. The van der Waals surface area contributed by atoms with E-state index in [0.717, 1.165) is 62.0 Å². The SMILES string of the molecule is CN1CCN(S(=O)(=O)Nc2cc(C3CC3)c3c(c2)C2(CCC2)C(=O)N3)CC1. The highest BCUT2D eigenvalue weighted by atomic mass is 32.2. The van der Waals surface area contributed by atoms with Gasteiger partial charge in [-0.15, -0.1) is 0 Å². The highest BCUT2D eigenvalue weighted by Crippen LogP contribution is 2.56. The number of fused-ring (bicyclic) bond motifs is 2. The van der Waals surface area contributed by atoms with E-state index in [4.69, 9.17) is 0 Å². The summed E-state index contributed by atoms with van der Waals surface area (Å²) in [6.45, 7) is 2.46. The number of carbonyl (C=O) groups is 1. The van der Waals surface area contributed by atoms with E-state index in [1.54, 1.807) is 0 Å². The van der Waals surface area contributed by atoms with Gasteiger partial charge in [0.1, 0.15) is 0 Å². The minimum atomic E-state index is -3.59. The first kappa shape index (κ1) is 17.5. The van der Waals surface area contributed by atoms with Gasteiger partial charge < -0.3 is 10.2 Å². The van der Waals surface area contributed by atoms with Crippen LogP contribution in [0, 0.1) is 0 Å². The van der Waals surface area contributed by atoms with Gasteiger partial charge in [0, 0.05) is 31.9 Å². The number of piperazine rings is 1. The Kier molecular flexibility index (Phi) is 3.83. The largest absolute Gasteiger partial charge is 0.325 e. The minimum absolute atomic E-state index is 0.0877. The van der Waals surface area contributed by atoms with Crippen molar-refractivity contribution in [2.45, 2.75) is 43.4 Å². The van der Waals surface area contributed by atoms with Crippen molar-refractivity contribution in [1.82, 2.24) is 9.21 Å². The molecule has 3 fully saturated rings. The summed E-state index contributed by atoms with van der Waals surface area (Å²) in [5.74, 6) is 0.520. The van der Waals surface area contributed by atoms with Crippen molar-refractivity contribution in [2.75, 3.05) is 43.3 Å². The monoisotopic (exact) mass is 390 g/mol. The molecular weight excluding hydrogens is 364 g/mol. The molecular formula is C19H26N4O3S.